The number of carbonyl (C=O) groups is 2. The minimum Gasteiger partial charge on any atom is -0.378 e. The van der Waals surface area contributed by atoms with Crippen molar-refractivity contribution < 1.29 is 14.3 Å². The van der Waals surface area contributed by atoms with E-state index in [0.717, 1.165) is 11.3 Å². The molecule has 4 rings (SSSR count). The van der Waals surface area contributed by atoms with E-state index >= 15 is 0 Å². The SMILES string of the molecule is Cc1nc(-c2c(C)c(C)nn(C)c2=O)sc1C(=O)Nc1cccc(C(=O)N2CCOCC2)c1. The summed E-state index contributed by atoms with van der Waals surface area (Å²) in [6.07, 6.45) is 0. The molecule has 0 unspecified atom stereocenters. The molecule has 9 nitrogen and oxygen atoms in total. The third-order valence-corrected chi connectivity index (χ3v) is 6.78. The Hall–Kier alpha value is -3.37. The Morgan fingerprint density at radius 3 is 2.58 bits per heavy atom. The lowest BCUT2D eigenvalue weighted by Gasteiger charge is -2.27. The van der Waals surface area contributed by atoms with E-state index in [0.29, 0.717) is 58.7 Å². The number of aryl methyl sites for hydroxylation is 3. The molecule has 3 aromatic rings. The molecule has 0 atom stereocenters. The summed E-state index contributed by atoms with van der Waals surface area (Å²) in [6, 6.07) is 6.87. The summed E-state index contributed by atoms with van der Waals surface area (Å²) in [5.74, 6) is -0.433. The summed E-state index contributed by atoms with van der Waals surface area (Å²) in [4.78, 5) is 45.1. The third-order valence-electron chi connectivity index (χ3n) is 5.61. The average molecular weight is 468 g/mol. The van der Waals surface area contributed by atoms with Crippen molar-refractivity contribution in [3.63, 3.8) is 0 Å². The predicted molar refractivity (Wildman–Crippen MR) is 126 cm³/mol. The Bertz CT molecular complexity index is 1290. The smallest absolute Gasteiger partial charge is 0.277 e. The fraction of sp³-hybridized carbons (Fsp3) is 0.348. The molecule has 172 valence electrons. The number of rotatable bonds is 4. The van der Waals surface area contributed by atoms with Crippen LogP contribution in [0.25, 0.3) is 10.6 Å². The molecule has 1 saturated heterocycles. The minimum absolute atomic E-state index is 0.0926. The van der Waals surface area contributed by atoms with Gasteiger partial charge in [0.1, 0.15) is 9.88 Å². The Labute approximate surface area is 195 Å². The van der Waals surface area contributed by atoms with E-state index in [1.807, 2.05) is 13.8 Å². The van der Waals surface area contributed by atoms with Crippen molar-refractivity contribution in [2.75, 3.05) is 31.6 Å². The molecule has 0 bridgehead atoms. The maximum absolute atomic E-state index is 13.0. The van der Waals surface area contributed by atoms with Crippen LogP contribution in [0.3, 0.4) is 0 Å². The number of thiazole rings is 1. The molecule has 2 aromatic heterocycles. The molecule has 10 heteroatoms. The Kier molecular flexibility index (Phi) is 6.39. The summed E-state index contributed by atoms with van der Waals surface area (Å²) < 4.78 is 6.59. The number of aromatic nitrogens is 3. The molecule has 33 heavy (non-hydrogen) atoms. The number of morpholine rings is 1. The lowest BCUT2D eigenvalue weighted by Crippen LogP contribution is -2.40. The number of amides is 2. The van der Waals surface area contributed by atoms with Crippen LogP contribution < -0.4 is 10.9 Å². The van der Waals surface area contributed by atoms with Gasteiger partial charge in [0.2, 0.25) is 0 Å². The second-order valence-electron chi connectivity index (χ2n) is 7.89. The van der Waals surface area contributed by atoms with Crippen molar-refractivity contribution in [3.8, 4) is 10.6 Å². The summed E-state index contributed by atoms with van der Waals surface area (Å²) in [5.41, 5.74) is 3.22. The van der Waals surface area contributed by atoms with Crippen LogP contribution in [0.2, 0.25) is 0 Å². The molecule has 0 saturated carbocycles. The maximum Gasteiger partial charge on any atom is 0.277 e. The third kappa shape index (κ3) is 4.57. The lowest BCUT2D eigenvalue weighted by molar-refractivity contribution is 0.0303. The molecule has 1 aromatic carbocycles. The van der Waals surface area contributed by atoms with Crippen LogP contribution in [0.4, 0.5) is 5.69 Å². The summed E-state index contributed by atoms with van der Waals surface area (Å²) in [5, 5.41) is 7.54. The van der Waals surface area contributed by atoms with Gasteiger partial charge in [-0.1, -0.05) is 6.07 Å². The van der Waals surface area contributed by atoms with Crippen molar-refractivity contribution >= 4 is 28.8 Å². The molecule has 1 aliphatic heterocycles. The van der Waals surface area contributed by atoms with Crippen molar-refractivity contribution in [2.45, 2.75) is 20.8 Å². The largest absolute Gasteiger partial charge is 0.378 e. The molecule has 1 N–H and O–H groups in total. The average Bonchev–Trinajstić information content (AvgIpc) is 3.19. The second-order valence-corrected chi connectivity index (χ2v) is 8.89. The van der Waals surface area contributed by atoms with Crippen LogP contribution in [0.1, 0.15) is 37.0 Å². The number of ether oxygens (including phenoxy) is 1. The highest BCUT2D eigenvalue weighted by Gasteiger charge is 2.22. The molecule has 3 heterocycles. The van der Waals surface area contributed by atoms with Gasteiger partial charge in [0, 0.05) is 31.4 Å². The van der Waals surface area contributed by atoms with E-state index in [-0.39, 0.29) is 17.4 Å². The lowest BCUT2D eigenvalue weighted by atomic mass is 10.1. The first kappa shape index (κ1) is 22.8. The maximum atomic E-state index is 13.0. The van der Waals surface area contributed by atoms with E-state index in [2.05, 4.69) is 15.4 Å². The minimum atomic E-state index is -0.340. The van der Waals surface area contributed by atoms with Crippen molar-refractivity contribution in [2.24, 2.45) is 7.05 Å². The van der Waals surface area contributed by atoms with Crippen LogP contribution in [-0.4, -0.2) is 57.8 Å². The molecule has 0 radical (unpaired) electrons. The van der Waals surface area contributed by atoms with Crippen LogP contribution in [0, 0.1) is 20.8 Å². The molecular formula is C23H25N5O4S. The van der Waals surface area contributed by atoms with Gasteiger partial charge in [-0.3, -0.25) is 14.4 Å². The normalized spacial score (nSPS) is 13.8. The Morgan fingerprint density at radius 1 is 1.12 bits per heavy atom. The molecule has 1 fully saturated rings. The first-order valence-corrected chi connectivity index (χ1v) is 11.4. The van der Waals surface area contributed by atoms with Gasteiger partial charge in [0.05, 0.1) is 30.2 Å². The zero-order valence-electron chi connectivity index (χ0n) is 19.0. The van der Waals surface area contributed by atoms with E-state index in [4.69, 9.17) is 4.74 Å². The highest BCUT2D eigenvalue weighted by atomic mass is 32.1. The van der Waals surface area contributed by atoms with Gasteiger partial charge in [-0.05, 0) is 44.5 Å². The number of hydrogen-bond donors (Lipinski definition) is 1. The Morgan fingerprint density at radius 2 is 1.85 bits per heavy atom. The fourth-order valence-corrected chi connectivity index (χ4v) is 4.74. The van der Waals surface area contributed by atoms with E-state index in [1.54, 1.807) is 43.1 Å². The quantitative estimate of drug-likeness (QED) is 0.632. The fourth-order valence-electron chi connectivity index (χ4n) is 3.68. The highest BCUT2D eigenvalue weighted by Crippen LogP contribution is 2.29. The molecule has 0 spiro atoms. The van der Waals surface area contributed by atoms with Crippen molar-refractivity contribution in [3.05, 3.63) is 62.0 Å². The van der Waals surface area contributed by atoms with E-state index in [1.165, 1.54) is 16.0 Å². The van der Waals surface area contributed by atoms with Gasteiger partial charge in [-0.25, -0.2) is 9.67 Å². The van der Waals surface area contributed by atoms with Gasteiger partial charge >= 0.3 is 0 Å². The van der Waals surface area contributed by atoms with E-state index < -0.39 is 0 Å². The first-order chi connectivity index (χ1) is 15.8. The zero-order valence-corrected chi connectivity index (χ0v) is 19.8. The van der Waals surface area contributed by atoms with Crippen molar-refractivity contribution in [1.82, 2.24) is 19.7 Å². The molecule has 0 aliphatic carbocycles. The van der Waals surface area contributed by atoms with Crippen molar-refractivity contribution in [1.29, 1.82) is 0 Å². The number of nitrogens with one attached hydrogen (secondary N) is 1. The van der Waals surface area contributed by atoms with Gasteiger partial charge in [0.15, 0.2) is 0 Å². The number of nitrogens with zero attached hydrogens (tertiary/aromatic N) is 4. The summed E-state index contributed by atoms with van der Waals surface area (Å²) in [6.45, 7) is 7.53. The second kappa shape index (κ2) is 9.24. The number of carbonyl (C=O) groups excluding carboxylic acids is 2. The van der Waals surface area contributed by atoms with Gasteiger partial charge in [0.25, 0.3) is 17.4 Å². The Balaban J connectivity index is 1.58. The number of hydrogen-bond acceptors (Lipinski definition) is 7. The number of benzene rings is 1. The van der Waals surface area contributed by atoms with Gasteiger partial charge < -0.3 is 15.0 Å². The standard InChI is InChI=1S/C23H25N5O4S/c1-13-14(2)26-27(4)23(31)18(13)21-24-15(3)19(33-21)20(29)25-17-7-5-6-16(12-17)22(30)28-8-10-32-11-9-28/h5-7,12H,8-11H2,1-4H3,(H,25,29). The first-order valence-electron chi connectivity index (χ1n) is 10.6. The summed E-state index contributed by atoms with van der Waals surface area (Å²) in [7, 11) is 1.59. The summed E-state index contributed by atoms with van der Waals surface area (Å²) >= 11 is 1.17. The zero-order chi connectivity index (χ0) is 23.7. The molecule has 2 amide bonds. The van der Waals surface area contributed by atoms with Gasteiger partial charge in [-0.2, -0.15) is 5.10 Å². The molecular weight excluding hydrogens is 442 g/mol. The van der Waals surface area contributed by atoms with Gasteiger partial charge in [-0.15, -0.1) is 11.3 Å². The highest BCUT2D eigenvalue weighted by molar-refractivity contribution is 7.17. The van der Waals surface area contributed by atoms with Crippen LogP contribution in [0.15, 0.2) is 29.1 Å². The van der Waals surface area contributed by atoms with Crippen LogP contribution in [-0.2, 0) is 11.8 Å². The van der Waals surface area contributed by atoms with Crippen LogP contribution >= 0.6 is 11.3 Å². The topological polar surface area (TPSA) is 106 Å². The number of anilines is 1. The van der Waals surface area contributed by atoms with Crippen LogP contribution in [0.5, 0.6) is 0 Å². The van der Waals surface area contributed by atoms with E-state index in [9.17, 15) is 14.4 Å². The monoisotopic (exact) mass is 467 g/mol. The predicted octanol–water partition coefficient (Wildman–Crippen LogP) is 2.55. The molecule has 1 aliphatic rings.